The summed E-state index contributed by atoms with van der Waals surface area (Å²) in [7, 11) is 0. The van der Waals surface area contributed by atoms with Gasteiger partial charge in [0.15, 0.2) is 5.69 Å². The Balaban J connectivity index is 1.78. The zero-order chi connectivity index (χ0) is 24.0. The first-order valence-electron chi connectivity index (χ1n) is 10.8. The van der Waals surface area contributed by atoms with Crippen LogP contribution >= 0.6 is 0 Å². The minimum atomic E-state index is -0.864. The van der Waals surface area contributed by atoms with Gasteiger partial charge in [-0.2, -0.15) is 5.10 Å². The number of nitrogens with zero attached hydrogens (tertiary/aromatic N) is 2. The number of amides is 3. The predicted molar refractivity (Wildman–Crippen MR) is 124 cm³/mol. The molecule has 3 rings (SSSR count). The van der Waals surface area contributed by atoms with E-state index < -0.39 is 17.9 Å². The zero-order valence-electron chi connectivity index (χ0n) is 18.8. The standard InChI is InChI=1S/C24H27N5O4/c1-4-15(3)19(25-21(30)16-11-7-6-8-12-16)22(31)26-27-23(32)20-17-13-9-10-14-18(17)24(33)29(5-2)28-20/h6-15,19H,4-5H2,1-3H3,(H,25,30)(H,26,31)(H,27,32)/t15-,19-/m0/s1. The SMILES string of the molecule is CC[C@H](C)[C@H](NC(=O)c1ccccc1)C(=O)NNC(=O)c1nn(CC)c(=O)c2ccccc12. The van der Waals surface area contributed by atoms with Gasteiger partial charge in [0.2, 0.25) is 0 Å². The highest BCUT2D eigenvalue weighted by atomic mass is 16.2. The largest absolute Gasteiger partial charge is 0.340 e. The first-order valence-corrected chi connectivity index (χ1v) is 10.8. The molecule has 9 nitrogen and oxygen atoms in total. The van der Waals surface area contributed by atoms with E-state index in [1.165, 1.54) is 4.68 Å². The number of nitrogens with one attached hydrogen (secondary N) is 3. The van der Waals surface area contributed by atoms with Crippen molar-refractivity contribution in [2.45, 2.75) is 39.8 Å². The number of rotatable bonds is 7. The molecule has 0 saturated heterocycles. The van der Waals surface area contributed by atoms with Crippen LogP contribution in [0, 0.1) is 5.92 Å². The molecule has 33 heavy (non-hydrogen) atoms. The Kier molecular flexibility index (Phi) is 7.55. The summed E-state index contributed by atoms with van der Waals surface area (Å²) in [4.78, 5) is 50.8. The maximum atomic E-state index is 12.9. The minimum Gasteiger partial charge on any atom is -0.340 e. The molecule has 0 bridgehead atoms. The monoisotopic (exact) mass is 449 g/mol. The van der Waals surface area contributed by atoms with Crippen LogP contribution in [0.25, 0.3) is 10.8 Å². The third-order valence-corrected chi connectivity index (χ3v) is 5.50. The van der Waals surface area contributed by atoms with Crippen molar-refractivity contribution in [2.75, 3.05) is 0 Å². The summed E-state index contributed by atoms with van der Waals surface area (Å²) in [6.45, 7) is 5.78. The topological polar surface area (TPSA) is 122 Å². The van der Waals surface area contributed by atoms with Crippen molar-refractivity contribution in [3.05, 3.63) is 76.2 Å². The number of hydrogen-bond acceptors (Lipinski definition) is 5. The molecule has 3 N–H and O–H groups in total. The van der Waals surface area contributed by atoms with Gasteiger partial charge in [-0.15, -0.1) is 0 Å². The highest BCUT2D eigenvalue weighted by molar-refractivity contribution is 6.05. The molecule has 0 radical (unpaired) electrons. The second-order valence-corrected chi connectivity index (χ2v) is 7.66. The first kappa shape index (κ1) is 23.6. The van der Waals surface area contributed by atoms with Crippen LogP contribution in [0.4, 0.5) is 0 Å². The van der Waals surface area contributed by atoms with E-state index in [0.717, 1.165) is 0 Å². The zero-order valence-corrected chi connectivity index (χ0v) is 18.8. The lowest BCUT2D eigenvalue weighted by Crippen LogP contribution is -2.54. The average molecular weight is 450 g/mol. The van der Waals surface area contributed by atoms with E-state index >= 15 is 0 Å². The summed E-state index contributed by atoms with van der Waals surface area (Å²) < 4.78 is 1.20. The Morgan fingerprint density at radius 2 is 1.55 bits per heavy atom. The normalized spacial score (nSPS) is 12.6. The number of hydrogen-bond donors (Lipinski definition) is 3. The predicted octanol–water partition coefficient (Wildman–Crippen LogP) is 2.02. The molecule has 2 aromatic carbocycles. The maximum absolute atomic E-state index is 12.9. The fourth-order valence-electron chi connectivity index (χ4n) is 3.39. The summed E-state index contributed by atoms with van der Waals surface area (Å²) in [6, 6.07) is 14.4. The molecule has 3 amide bonds. The van der Waals surface area contributed by atoms with Crippen molar-refractivity contribution in [3.8, 4) is 0 Å². The lowest BCUT2D eigenvalue weighted by atomic mass is 9.98. The molecule has 0 aliphatic rings. The van der Waals surface area contributed by atoms with E-state index in [0.29, 0.717) is 22.8 Å². The number of benzene rings is 2. The van der Waals surface area contributed by atoms with Crippen molar-refractivity contribution in [1.29, 1.82) is 0 Å². The molecule has 0 fully saturated rings. The van der Waals surface area contributed by atoms with Gasteiger partial charge in [-0.05, 0) is 31.0 Å². The highest BCUT2D eigenvalue weighted by Gasteiger charge is 2.27. The van der Waals surface area contributed by atoms with Crippen molar-refractivity contribution < 1.29 is 14.4 Å². The van der Waals surface area contributed by atoms with Gasteiger partial charge in [-0.3, -0.25) is 30.0 Å². The Hall–Kier alpha value is -4.01. The van der Waals surface area contributed by atoms with E-state index in [2.05, 4.69) is 21.3 Å². The smallest absolute Gasteiger partial charge is 0.290 e. The van der Waals surface area contributed by atoms with Gasteiger partial charge >= 0.3 is 0 Å². The number of aryl methyl sites for hydroxylation is 1. The fourth-order valence-corrected chi connectivity index (χ4v) is 3.39. The van der Waals surface area contributed by atoms with Crippen LogP contribution < -0.4 is 21.7 Å². The molecular formula is C24H27N5O4. The van der Waals surface area contributed by atoms with Crippen molar-refractivity contribution in [1.82, 2.24) is 25.9 Å². The van der Waals surface area contributed by atoms with Gasteiger partial charge in [-0.1, -0.05) is 56.7 Å². The summed E-state index contributed by atoms with van der Waals surface area (Å²) in [5, 5.41) is 7.64. The van der Waals surface area contributed by atoms with Crippen LogP contribution in [-0.2, 0) is 11.3 Å². The quantitative estimate of drug-likeness (QED) is 0.477. The van der Waals surface area contributed by atoms with Crippen LogP contribution in [0.15, 0.2) is 59.4 Å². The minimum absolute atomic E-state index is 0.0146. The number of hydrazine groups is 1. The highest BCUT2D eigenvalue weighted by Crippen LogP contribution is 2.13. The summed E-state index contributed by atoms with van der Waals surface area (Å²) in [5.41, 5.74) is 4.90. The second-order valence-electron chi connectivity index (χ2n) is 7.66. The molecule has 0 unspecified atom stereocenters. The van der Waals surface area contributed by atoms with E-state index in [9.17, 15) is 19.2 Å². The Bertz CT molecular complexity index is 1220. The van der Waals surface area contributed by atoms with Crippen LogP contribution in [-0.4, -0.2) is 33.5 Å². The summed E-state index contributed by atoms with van der Waals surface area (Å²) >= 11 is 0. The Labute approximate surface area is 191 Å². The third-order valence-electron chi connectivity index (χ3n) is 5.50. The van der Waals surface area contributed by atoms with Crippen LogP contribution in [0.1, 0.15) is 48.0 Å². The number of carbonyl (C=O) groups is 3. The van der Waals surface area contributed by atoms with E-state index in [1.807, 2.05) is 13.8 Å². The van der Waals surface area contributed by atoms with Crippen molar-refractivity contribution in [3.63, 3.8) is 0 Å². The summed E-state index contributed by atoms with van der Waals surface area (Å²) in [5.74, 6) is -1.80. The molecule has 1 aromatic heterocycles. The Morgan fingerprint density at radius 3 is 2.18 bits per heavy atom. The van der Waals surface area contributed by atoms with Gasteiger partial charge in [0.25, 0.3) is 23.3 Å². The lowest BCUT2D eigenvalue weighted by molar-refractivity contribution is -0.124. The molecule has 0 spiro atoms. The number of carbonyl (C=O) groups excluding carboxylic acids is 3. The van der Waals surface area contributed by atoms with Gasteiger partial charge < -0.3 is 5.32 Å². The molecule has 172 valence electrons. The van der Waals surface area contributed by atoms with Crippen molar-refractivity contribution >= 4 is 28.5 Å². The molecule has 1 heterocycles. The molecule has 0 aliphatic heterocycles. The number of fused-ring (bicyclic) bond motifs is 1. The lowest BCUT2D eigenvalue weighted by Gasteiger charge is -2.23. The van der Waals surface area contributed by atoms with Crippen LogP contribution in [0.5, 0.6) is 0 Å². The molecule has 3 aromatic rings. The maximum Gasteiger partial charge on any atom is 0.290 e. The third kappa shape index (κ3) is 5.25. The molecule has 9 heteroatoms. The second kappa shape index (κ2) is 10.5. The van der Waals surface area contributed by atoms with Crippen LogP contribution in [0.2, 0.25) is 0 Å². The molecule has 0 saturated carbocycles. The van der Waals surface area contributed by atoms with E-state index in [-0.39, 0.29) is 29.6 Å². The fraction of sp³-hybridized carbons (Fsp3) is 0.292. The van der Waals surface area contributed by atoms with E-state index in [1.54, 1.807) is 61.5 Å². The first-order chi connectivity index (χ1) is 15.9. The average Bonchev–Trinajstić information content (AvgIpc) is 2.86. The molecule has 0 aliphatic carbocycles. The van der Waals surface area contributed by atoms with Gasteiger partial charge in [0, 0.05) is 17.5 Å². The van der Waals surface area contributed by atoms with E-state index in [4.69, 9.17) is 0 Å². The van der Waals surface area contributed by atoms with Crippen molar-refractivity contribution in [2.24, 2.45) is 5.92 Å². The number of aromatic nitrogens is 2. The van der Waals surface area contributed by atoms with Gasteiger partial charge in [0.05, 0.1) is 5.39 Å². The summed E-state index contributed by atoms with van der Waals surface area (Å²) in [6.07, 6.45) is 0.634. The van der Waals surface area contributed by atoms with Gasteiger partial charge in [-0.25, -0.2) is 4.68 Å². The van der Waals surface area contributed by atoms with Crippen LogP contribution in [0.3, 0.4) is 0 Å². The van der Waals surface area contributed by atoms with Gasteiger partial charge in [0.1, 0.15) is 6.04 Å². The molecule has 2 atom stereocenters. The molecular weight excluding hydrogens is 422 g/mol. The Morgan fingerprint density at radius 1 is 0.909 bits per heavy atom.